The maximum absolute atomic E-state index is 12.5. The van der Waals surface area contributed by atoms with E-state index in [-0.39, 0.29) is 36.2 Å². The molecule has 0 spiro atoms. The lowest BCUT2D eigenvalue weighted by molar-refractivity contribution is -0.0375. The van der Waals surface area contributed by atoms with Crippen molar-refractivity contribution >= 4 is 226 Å². The van der Waals surface area contributed by atoms with Crippen LogP contribution >= 0.6 is 138 Å². The number of thiophene rings is 4. The second kappa shape index (κ2) is 33.0. The van der Waals surface area contributed by atoms with Gasteiger partial charge in [0.1, 0.15) is 42.3 Å². The van der Waals surface area contributed by atoms with Gasteiger partial charge in [-0.2, -0.15) is 5.26 Å². The number of nitrogens with zero attached hydrogens (tertiary/aromatic N) is 12. The summed E-state index contributed by atoms with van der Waals surface area (Å²) >= 11 is 57.3. The van der Waals surface area contributed by atoms with Crippen molar-refractivity contribution in [2.75, 3.05) is 96.8 Å². The number of rotatable bonds is 17. The number of halogens is 8. The number of aliphatic hydroxyl groups is 1. The lowest BCUT2D eigenvalue weighted by Gasteiger charge is -2.36. The quantitative estimate of drug-likeness (QED) is 0.0493. The first-order valence-corrected chi connectivity index (χ1v) is 42.2. The van der Waals surface area contributed by atoms with Crippen molar-refractivity contribution in [1.29, 1.82) is 5.26 Å². The Balaban J connectivity index is 0.000000121. The van der Waals surface area contributed by atoms with Gasteiger partial charge in [-0.3, -0.25) is 4.79 Å². The number of anilines is 4. The molecule has 1 amide bonds. The maximum atomic E-state index is 12.5. The minimum atomic E-state index is -1.01. The monoisotopic (exact) mass is 1780 g/mol. The summed E-state index contributed by atoms with van der Waals surface area (Å²) in [6, 6.07) is 17.6. The van der Waals surface area contributed by atoms with Crippen molar-refractivity contribution < 1.29 is 33.6 Å². The molecule has 18 rings (SSSR count). The molecule has 6 aliphatic rings. The van der Waals surface area contributed by atoms with Crippen LogP contribution in [-0.4, -0.2) is 157 Å². The number of hydrogen-bond acceptors (Lipinski definition) is 27. The summed E-state index contributed by atoms with van der Waals surface area (Å²) in [5, 5.41) is 28.6. The molecule has 0 radical (unpaired) electrons. The Morgan fingerprint density at radius 3 is 1.10 bits per heavy atom. The van der Waals surface area contributed by atoms with Gasteiger partial charge in [-0.05, 0) is 75.2 Å². The van der Waals surface area contributed by atoms with Crippen LogP contribution in [0.4, 0.5) is 23.8 Å². The highest BCUT2D eigenvalue weighted by atomic mass is 35.5. The van der Waals surface area contributed by atoms with E-state index >= 15 is 0 Å². The normalized spacial score (nSPS) is 14.3. The van der Waals surface area contributed by atoms with E-state index in [0.717, 1.165) is 113 Å². The van der Waals surface area contributed by atoms with Crippen molar-refractivity contribution in [2.45, 2.75) is 76.5 Å². The van der Waals surface area contributed by atoms with E-state index in [4.69, 9.17) is 145 Å². The maximum Gasteiger partial charge on any atom is 0.261 e. The van der Waals surface area contributed by atoms with Crippen LogP contribution in [0.1, 0.15) is 79.7 Å². The van der Waals surface area contributed by atoms with Crippen molar-refractivity contribution in [3.63, 3.8) is 0 Å². The highest BCUT2D eigenvalue weighted by molar-refractivity contribution is 7.21. The summed E-state index contributed by atoms with van der Waals surface area (Å²) in [6.45, 7) is 20.3. The van der Waals surface area contributed by atoms with Gasteiger partial charge in [0.2, 0.25) is 23.8 Å². The molecule has 0 atom stereocenters. The van der Waals surface area contributed by atoms with Crippen LogP contribution in [0.15, 0.2) is 68.3 Å². The fourth-order valence-corrected chi connectivity index (χ4v) is 20.6. The largest absolute Gasteiger partial charge is 0.491 e. The molecule has 594 valence electrons. The molecule has 2 fully saturated rings. The van der Waals surface area contributed by atoms with Gasteiger partial charge < -0.3 is 71.7 Å². The molecule has 1 saturated carbocycles. The van der Waals surface area contributed by atoms with Crippen molar-refractivity contribution in [2.24, 2.45) is 0 Å². The van der Waals surface area contributed by atoms with E-state index in [2.05, 4.69) is 100.0 Å². The molecule has 36 heteroatoms. The predicted octanol–water partition coefficient (Wildman–Crippen LogP) is 18.4. The summed E-state index contributed by atoms with van der Waals surface area (Å²) in [4.78, 5) is 60.8. The van der Waals surface area contributed by atoms with Crippen LogP contribution < -0.4 is 47.2 Å². The molecule has 1 saturated heterocycles. The molecule has 1 aliphatic carbocycles. The molecule has 0 unspecified atom stereocenters. The van der Waals surface area contributed by atoms with Crippen molar-refractivity contribution in [3.05, 3.63) is 150 Å². The summed E-state index contributed by atoms with van der Waals surface area (Å²) in [5.41, 5.74) is 35.2. The fourth-order valence-electron chi connectivity index (χ4n) is 13.9. The number of ether oxygens (including phenoxy) is 5. The molecule has 0 bridgehead atoms. The standard InChI is InChI=1S/C20H17Cl2N5OS.C20H18Cl2N4O2S.C20H18Cl2N4OS.C19H18Cl2N4O3S/c1-10(27(2)6-3-5-23)15-8-12-17(25-20(24)26-19(12)29-15)16-11-4-7-28-18(11)14(22)9-13(16)21;1-9(26(2)10-7-27-8-10)15-5-12-17(24-20(23)25-19(12)29-15)16-11-3-4-28-18(11)14(22)6-13(16)21;1-9(26(2)10-3-4-10)15-7-12-17(24-20(23)25-19(12)28-15)16-11-5-6-27-18(11)14(22)8-13(16)21;1-19(2,27)7-23-16(26)12-5-9-14(24-18(22)25-17(9)29-12)13-8-3-4-28-15(8)11(21)6-10(13)20/h8-9H,1,3-4,6-7H2,2H3,(H2,24,25,26);5-6,10H,1,3-4,7-8H2,2H3,(H2,23,24,25);7-8,10H,1,3-6H2,2H3,(H2,23,24,25);5-6,27H,3-4,7H2,1-2H3,(H,23,26)(H2,22,24,25). The SMILES string of the molecule is C=C(c1cc2c(-c3c(Cl)cc(Cl)c4c3CCO4)nc(N)nc2s1)N(C)C1CC1.C=C(c1cc2c(-c3c(Cl)cc(Cl)c4c3CCO4)nc(N)nc2s1)N(C)C1COC1.C=C(c1cc2c(-c3c(Cl)cc(Cl)c4c3CCO4)nc(N)nc2s1)N(C)CCC#N.CC(C)(O)CNC(=O)c1cc2c(-c3c(Cl)cc(Cl)c4c3CCO4)nc(N)nc2s1. The third-order valence-electron chi connectivity index (χ3n) is 20.0. The van der Waals surface area contributed by atoms with Gasteiger partial charge in [-0.1, -0.05) is 113 Å². The molecular weight excluding hydrogens is 1710 g/mol. The van der Waals surface area contributed by atoms with Gasteiger partial charge in [-0.25, -0.2) is 39.9 Å². The number of nitrogens with two attached hydrogens (primary N) is 4. The third-order valence-corrected chi connectivity index (χ3v) is 26.6. The van der Waals surface area contributed by atoms with Crippen LogP contribution in [0.25, 0.3) is 103 Å². The van der Waals surface area contributed by atoms with Gasteiger partial charge in [0.05, 0.1) is 146 Å². The van der Waals surface area contributed by atoms with Crippen LogP contribution in [0, 0.1) is 11.3 Å². The second-order valence-corrected chi connectivity index (χ2v) is 35.7. The number of carbonyl (C=O) groups is 1. The van der Waals surface area contributed by atoms with E-state index in [9.17, 15) is 9.90 Å². The van der Waals surface area contributed by atoms with Gasteiger partial charge in [0, 0.05) is 149 Å². The minimum Gasteiger partial charge on any atom is -0.491 e. The zero-order chi connectivity index (χ0) is 81.5. The first-order valence-electron chi connectivity index (χ1n) is 36.0. The number of nitrogen functional groups attached to an aromatic ring is 4. The first kappa shape index (κ1) is 81.4. The van der Waals surface area contributed by atoms with Crippen molar-refractivity contribution in [3.8, 4) is 74.1 Å². The Morgan fingerprint density at radius 2 is 0.800 bits per heavy atom. The Bertz CT molecular complexity index is 6080. The topological polar surface area (TPSA) is 336 Å². The highest BCUT2D eigenvalue weighted by Gasteiger charge is 2.35. The Kier molecular flexibility index (Phi) is 23.3. The van der Waals surface area contributed by atoms with E-state index in [0.29, 0.717) is 185 Å². The second-order valence-electron chi connectivity index (χ2n) is 28.3. The Labute approximate surface area is 716 Å². The van der Waals surface area contributed by atoms with Crippen molar-refractivity contribution in [1.82, 2.24) is 59.9 Å². The first-order chi connectivity index (χ1) is 54.9. The average Bonchev–Trinajstić information content (AvgIpc) is 1.66. The molecule has 13 heterocycles. The number of fused-ring (bicyclic) bond motifs is 8. The van der Waals surface area contributed by atoms with E-state index in [1.54, 1.807) is 55.5 Å². The molecule has 24 nitrogen and oxygen atoms in total. The summed E-state index contributed by atoms with van der Waals surface area (Å²) < 4.78 is 28.1. The Hall–Kier alpha value is -8.74. The van der Waals surface area contributed by atoms with Gasteiger partial charge >= 0.3 is 0 Å². The number of hydrogen-bond donors (Lipinski definition) is 6. The van der Waals surface area contributed by atoms with E-state index in [1.807, 2.05) is 25.1 Å². The van der Waals surface area contributed by atoms with Crippen LogP contribution in [0.5, 0.6) is 23.0 Å². The smallest absolute Gasteiger partial charge is 0.261 e. The summed E-state index contributed by atoms with van der Waals surface area (Å²) in [6.07, 6.45) is 5.62. The van der Waals surface area contributed by atoms with Crippen LogP contribution in [-0.2, 0) is 30.4 Å². The molecule has 115 heavy (non-hydrogen) atoms. The number of nitrogens with one attached hydrogen (secondary N) is 1. The Morgan fingerprint density at radius 1 is 0.496 bits per heavy atom. The van der Waals surface area contributed by atoms with Crippen LogP contribution in [0.3, 0.4) is 0 Å². The van der Waals surface area contributed by atoms with E-state index < -0.39 is 5.60 Å². The van der Waals surface area contributed by atoms with Gasteiger partial charge in [-0.15, -0.1) is 45.3 Å². The third kappa shape index (κ3) is 16.3. The lowest BCUT2D eigenvalue weighted by atomic mass is 10.00. The predicted molar refractivity (Wildman–Crippen MR) is 468 cm³/mol. The van der Waals surface area contributed by atoms with Gasteiger partial charge in [0.25, 0.3) is 5.91 Å². The van der Waals surface area contributed by atoms with Crippen LogP contribution in [0.2, 0.25) is 40.2 Å². The molecule has 10 N–H and O–H groups in total. The number of benzene rings is 4. The number of carbonyl (C=O) groups excluding carboxylic acids is 1. The average molecular weight is 1780 g/mol. The van der Waals surface area contributed by atoms with E-state index in [1.165, 1.54) is 46.9 Å². The zero-order valence-corrected chi connectivity index (χ0v) is 71.5. The number of likely N-dealkylation sites (N-methyl/N-ethyl adjacent to an activating group) is 1. The molecule has 4 aromatic carbocycles. The molecule has 5 aliphatic heterocycles. The summed E-state index contributed by atoms with van der Waals surface area (Å²) in [7, 11) is 6.03. The number of aromatic nitrogens is 8. The lowest BCUT2D eigenvalue weighted by Crippen LogP contribution is -2.45. The number of amides is 1. The molecule has 12 aromatic rings. The minimum absolute atomic E-state index is 0.0801. The fraction of sp³-hybridized carbons (Fsp3) is 0.291. The zero-order valence-electron chi connectivity index (χ0n) is 62.2. The molecular formula is C79H71Cl8N17O7S4. The van der Waals surface area contributed by atoms with Gasteiger partial charge in [0.15, 0.2) is 0 Å². The molecule has 8 aromatic heterocycles. The summed E-state index contributed by atoms with van der Waals surface area (Å²) in [5.74, 6) is 2.94. The highest BCUT2D eigenvalue weighted by Crippen LogP contribution is 2.52. The number of nitriles is 1.